The van der Waals surface area contributed by atoms with Gasteiger partial charge in [0.05, 0.1) is 17.3 Å². The van der Waals surface area contributed by atoms with E-state index in [9.17, 15) is 5.11 Å². The second-order valence-electron chi connectivity index (χ2n) is 6.06. The molecule has 1 unspecified atom stereocenters. The van der Waals surface area contributed by atoms with E-state index >= 15 is 0 Å². The Bertz CT molecular complexity index is 839. The van der Waals surface area contributed by atoms with Crippen LogP contribution in [0.4, 0.5) is 17.5 Å². The molecule has 0 saturated carbocycles. The van der Waals surface area contributed by atoms with Crippen molar-refractivity contribution in [1.29, 1.82) is 0 Å². The van der Waals surface area contributed by atoms with Gasteiger partial charge in [-0.1, -0.05) is 12.1 Å². The number of piperidine rings is 1. The fourth-order valence-corrected chi connectivity index (χ4v) is 3.55. The number of benzene rings is 1. The average molecular weight is 353 g/mol. The molecule has 1 fully saturated rings. The Labute approximate surface area is 150 Å². The highest BCUT2D eigenvalue weighted by Gasteiger charge is 2.19. The first kappa shape index (κ1) is 16.0. The van der Waals surface area contributed by atoms with Crippen molar-refractivity contribution in [3.63, 3.8) is 0 Å². The molecule has 3 heterocycles. The molecule has 25 heavy (non-hydrogen) atoms. The Morgan fingerprint density at radius 2 is 2.20 bits per heavy atom. The highest BCUT2D eigenvalue weighted by Crippen LogP contribution is 2.24. The number of β-amino-alcohol motifs (C(OH)–C–C–N with tert-alkyl or cyclic N) is 1. The largest absolute Gasteiger partial charge is 0.391 e. The molecule has 0 radical (unpaired) electrons. The molecule has 0 amide bonds. The smallest absolute Gasteiger partial charge is 0.229 e. The van der Waals surface area contributed by atoms with Crippen LogP contribution in [0.2, 0.25) is 0 Å². The molecule has 0 spiro atoms. The van der Waals surface area contributed by atoms with E-state index in [1.165, 1.54) is 0 Å². The fourth-order valence-electron chi connectivity index (χ4n) is 2.99. The number of hydrogen-bond donors (Lipinski definition) is 2. The number of rotatable bonds is 4. The molecule has 1 aromatic carbocycles. The molecule has 6 nitrogen and oxygen atoms in total. The van der Waals surface area contributed by atoms with Gasteiger partial charge in [0, 0.05) is 35.9 Å². The van der Waals surface area contributed by atoms with E-state index in [0.29, 0.717) is 12.5 Å². The van der Waals surface area contributed by atoms with Gasteiger partial charge in [-0.15, -0.1) is 11.3 Å². The van der Waals surface area contributed by atoms with Crippen LogP contribution < -0.4 is 10.2 Å². The summed E-state index contributed by atoms with van der Waals surface area (Å²) in [5.41, 5.74) is 4.77. The zero-order valence-electron chi connectivity index (χ0n) is 13.7. The molecule has 0 bridgehead atoms. The number of nitrogens with zero attached hydrogens (tertiary/aromatic N) is 4. The first-order valence-corrected chi connectivity index (χ1v) is 9.24. The van der Waals surface area contributed by atoms with Gasteiger partial charge in [0.1, 0.15) is 5.82 Å². The van der Waals surface area contributed by atoms with Gasteiger partial charge in [0.25, 0.3) is 0 Å². The Morgan fingerprint density at radius 1 is 1.24 bits per heavy atom. The highest BCUT2D eigenvalue weighted by atomic mass is 32.1. The molecule has 2 N–H and O–H groups in total. The Hall–Kier alpha value is -2.51. The molecule has 1 saturated heterocycles. The van der Waals surface area contributed by atoms with Crippen LogP contribution in [0.3, 0.4) is 0 Å². The van der Waals surface area contributed by atoms with Crippen molar-refractivity contribution in [1.82, 2.24) is 15.0 Å². The molecule has 3 aromatic rings. The minimum atomic E-state index is -0.282. The van der Waals surface area contributed by atoms with E-state index in [1.807, 2.05) is 41.2 Å². The lowest BCUT2D eigenvalue weighted by Gasteiger charge is -2.31. The number of anilines is 3. The quantitative estimate of drug-likeness (QED) is 0.750. The molecule has 1 aliphatic rings. The van der Waals surface area contributed by atoms with Crippen molar-refractivity contribution >= 4 is 28.8 Å². The van der Waals surface area contributed by atoms with E-state index < -0.39 is 0 Å². The second-order valence-corrected chi connectivity index (χ2v) is 6.78. The predicted molar refractivity (Wildman–Crippen MR) is 100 cm³/mol. The third-order valence-electron chi connectivity index (χ3n) is 4.21. The summed E-state index contributed by atoms with van der Waals surface area (Å²) in [5, 5.41) is 15.1. The van der Waals surface area contributed by atoms with Gasteiger partial charge in [-0.3, -0.25) is 0 Å². The number of aliphatic hydroxyl groups excluding tert-OH is 1. The Kier molecular flexibility index (Phi) is 4.58. The SMILES string of the molecule is OC1CCCN(c2ccnc(Nc3cccc(-c4cscn4)c3)n2)C1. The molecule has 128 valence electrons. The van der Waals surface area contributed by atoms with Crippen LogP contribution in [-0.2, 0) is 0 Å². The normalized spacial score (nSPS) is 17.5. The summed E-state index contributed by atoms with van der Waals surface area (Å²) in [6.45, 7) is 1.53. The summed E-state index contributed by atoms with van der Waals surface area (Å²) in [7, 11) is 0. The second kappa shape index (κ2) is 7.16. The van der Waals surface area contributed by atoms with Gasteiger partial charge in [-0.25, -0.2) is 9.97 Å². The Morgan fingerprint density at radius 3 is 3.04 bits per heavy atom. The van der Waals surface area contributed by atoms with Gasteiger partial charge in [-0.05, 0) is 31.0 Å². The predicted octanol–water partition coefficient (Wildman–Crippen LogP) is 3.30. The van der Waals surface area contributed by atoms with E-state index in [1.54, 1.807) is 17.5 Å². The lowest BCUT2D eigenvalue weighted by Crippen LogP contribution is -2.38. The number of aliphatic hydroxyl groups is 1. The molecular formula is C18H19N5OS. The summed E-state index contributed by atoms with van der Waals surface area (Å²) in [6.07, 6.45) is 3.30. The monoisotopic (exact) mass is 353 g/mol. The van der Waals surface area contributed by atoms with Crippen molar-refractivity contribution < 1.29 is 5.11 Å². The van der Waals surface area contributed by atoms with Crippen LogP contribution in [0.15, 0.2) is 47.4 Å². The average Bonchev–Trinajstić information content (AvgIpc) is 3.17. The summed E-state index contributed by atoms with van der Waals surface area (Å²) in [6, 6.07) is 9.93. The molecule has 2 aromatic heterocycles. The minimum Gasteiger partial charge on any atom is -0.391 e. The van der Waals surface area contributed by atoms with Gasteiger partial charge < -0.3 is 15.3 Å². The van der Waals surface area contributed by atoms with E-state index in [2.05, 4.69) is 25.2 Å². The standard InChI is InChI=1S/C18H19N5OS/c24-15-5-2-8-23(10-15)17-6-7-19-18(22-17)21-14-4-1-3-13(9-14)16-11-25-12-20-16/h1,3-4,6-7,9,11-12,15,24H,2,5,8,10H2,(H,19,21,22). The number of aromatic nitrogens is 3. The summed E-state index contributed by atoms with van der Waals surface area (Å²) < 4.78 is 0. The lowest BCUT2D eigenvalue weighted by molar-refractivity contribution is 0.154. The topological polar surface area (TPSA) is 74.2 Å². The van der Waals surface area contributed by atoms with Crippen LogP contribution in [0, 0.1) is 0 Å². The minimum absolute atomic E-state index is 0.282. The zero-order valence-corrected chi connectivity index (χ0v) is 14.5. The summed E-state index contributed by atoms with van der Waals surface area (Å²) in [5.74, 6) is 1.39. The van der Waals surface area contributed by atoms with E-state index in [0.717, 1.165) is 42.1 Å². The van der Waals surface area contributed by atoms with Crippen molar-refractivity contribution in [3.05, 3.63) is 47.4 Å². The molecule has 1 atom stereocenters. The molecule has 7 heteroatoms. The highest BCUT2D eigenvalue weighted by molar-refractivity contribution is 7.07. The van der Waals surface area contributed by atoms with Crippen molar-refractivity contribution in [2.24, 2.45) is 0 Å². The van der Waals surface area contributed by atoms with Crippen LogP contribution in [0.1, 0.15) is 12.8 Å². The van der Waals surface area contributed by atoms with Gasteiger partial charge >= 0.3 is 0 Å². The van der Waals surface area contributed by atoms with Gasteiger partial charge in [-0.2, -0.15) is 4.98 Å². The lowest BCUT2D eigenvalue weighted by atomic mass is 10.1. The number of nitrogens with one attached hydrogen (secondary N) is 1. The Balaban J connectivity index is 1.53. The third kappa shape index (κ3) is 3.78. The van der Waals surface area contributed by atoms with Crippen molar-refractivity contribution in [2.45, 2.75) is 18.9 Å². The van der Waals surface area contributed by atoms with Crippen LogP contribution >= 0.6 is 11.3 Å². The molecule has 1 aliphatic heterocycles. The maximum atomic E-state index is 9.86. The fraction of sp³-hybridized carbons (Fsp3) is 0.278. The maximum absolute atomic E-state index is 9.86. The number of hydrogen-bond acceptors (Lipinski definition) is 7. The van der Waals surface area contributed by atoms with Crippen LogP contribution in [0.25, 0.3) is 11.3 Å². The number of thiazole rings is 1. The first-order valence-electron chi connectivity index (χ1n) is 8.30. The summed E-state index contributed by atoms with van der Waals surface area (Å²) in [4.78, 5) is 15.4. The molecule has 0 aliphatic carbocycles. The van der Waals surface area contributed by atoms with Gasteiger partial charge in [0.2, 0.25) is 5.95 Å². The zero-order chi connectivity index (χ0) is 17.1. The van der Waals surface area contributed by atoms with E-state index in [-0.39, 0.29) is 6.10 Å². The first-order chi connectivity index (χ1) is 12.3. The molecule has 4 rings (SSSR count). The third-order valence-corrected chi connectivity index (χ3v) is 4.79. The molecular weight excluding hydrogens is 334 g/mol. The van der Waals surface area contributed by atoms with Crippen LogP contribution in [0.5, 0.6) is 0 Å². The van der Waals surface area contributed by atoms with Crippen LogP contribution in [-0.4, -0.2) is 39.3 Å². The summed E-state index contributed by atoms with van der Waals surface area (Å²) >= 11 is 1.58. The van der Waals surface area contributed by atoms with Gasteiger partial charge in [0.15, 0.2) is 0 Å². The maximum Gasteiger partial charge on any atom is 0.229 e. The van der Waals surface area contributed by atoms with E-state index in [4.69, 9.17) is 0 Å². The van der Waals surface area contributed by atoms with Crippen molar-refractivity contribution in [2.75, 3.05) is 23.3 Å². The van der Waals surface area contributed by atoms with Crippen molar-refractivity contribution in [3.8, 4) is 11.3 Å².